The van der Waals surface area contributed by atoms with Crippen LogP contribution in [0.1, 0.15) is 23.7 Å². The number of hydrogen-bond acceptors (Lipinski definition) is 5. The minimum atomic E-state index is -0.664. The minimum Gasteiger partial charge on any atom is -0.465 e. The van der Waals surface area contributed by atoms with Gasteiger partial charge in [-0.3, -0.25) is 4.68 Å². The average Bonchev–Trinajstić information content (AvgIpc) is 2.89. The van der Waals surface area contributed by atoms with Crippen molar-refractivity contribution < 1.29 is 18.7 Å². The van der Waals surface area contributed by atoms with Gasteiger partial charge in [0.05, 0.1) is 25.1 Å². The van der Waals surface area contributed by atoms with Gasteiger partial charge in [-0.05, 0) is 6.42 Å². The number of nitrogen functional groups attached to an aromatic ring is 1. The molecule has 1 aromatic heterocycles. The zero-order valence-electron chi connectivity index (χ0n) is 11.8. The maximum atomic E-state index is 13.9. The van der Waals surface area contributed by atoms with Crippen LogP contribution in [0.15, 0.2) is 24.5 Å². The molecule has 0 aliphatic carbocycles. The summed E-state index contributed by atoms with van der Waals surface area (Å²) in [6.45, 7) is 2.76. The predicted molar refractivity (Wildman–Crippen MR) is 74.7 cm³/mol. The first-order chi connectivity index (χ1) is 10.0. The first-order valence-corrected chi connectivity index (χ1v) is 6.42. The maximum Gasteiger partial charge on any atom is 0.340 e. The summed E-state index contributed by atoms with van der Waals surface area (Å²) in [6, 6.07) is 2.24. The molecule has 0 bridgehead atoms. The number of nitrogens with zero attached hydrogens (tertiary/aromatic N) is 2. The van der Waals surface area contributed by atoms with Gasteiger partial charge in [0.1, 0.15) is 0 Å². The van der Waals surface area contributed by atoms with E-state index in [-0.39, 0.29) is 17.0 Å². The first-order valence-electron chi connectivity index (χ1n) is 6.42. The molecule has 21 heavy (non-hydrogen) atoms. The third-order valence-corrected chi connectivity index (χ3v) is 2.80. The van der Waals surface area contributed by atoms with E-state index in [9.17, 15) is 9.18 Å². The smallest absolute Gasteiger partial charge is 0.340 e. The topological polar surface area (TPSA) is 79.4 Å². The molecule has 0 saturated carbocycles. The molecule has 1 aromatic carbocycles. The fourth-order valence-electron chi connectivity index (χ4n) is 1.81. The fraction of sp³-hybridized carbons (Fsp3) is 0.286. The molecule has 0 aliphatic heterocycles. The molecule has 0 saturated heterocycles. The number of anilines is 1. The number of aryl methyl sites for hydroxylation is 1. The van der Waals surface area contributed by atoms with Crippen LogP contribution >= 0.6 is 0 Å². The van der Waals surface area contributed by atoms with Crippen LogP contribution < -0.4 is 10.5 Å². The summed E-state index contributed by atoms with van der Waals surface area (Å²) in [5.41, 5.74) is 5.64. The number of carbonyl (C=O) groups excluding carboxylic acids is 1. The lowest BCUT2D eigenvalue weighted by Crippen LogP contribution is -2.06. The van der Waals surface area contributed by atoms with E-state index in [1.807, 2.05) is 6.92 Å². The summed E-state index contributed by atoms with van der Waals surface area (Å²) < 4.78 is 25.5. The van der Waals surface area contributed by atoms with E-state index < -0.39 is 11.8 Å². The summed E-state index contributed by atoms with van der Waals surface area (Å²) in [5.74, 6) is -1.05. The molecule has 2 N–H and O–H groups in total. The van der Waals surface area contributed by atoms with Crippen LogP contribution in [0.3, 0.4) is 0 Å². The molecule has 0 amide bonds. The standard InChI is InChI=1S/C14H16FN3O3/c1-3-4-18-8-9(7-17-18)21-13-5-10(14(19)20-2)12(16)6-11(13)15/h5-8H,3-4,16H2,1-2H3. The van der Waals surface area contributed by atoms with E-state index in [0.717, 1.165) is 19.0 Å². The number of hydrogen-bond donors (Lipinski definition) is 1. The van der Waals surface area contributed by atoms with Crippen molar-refractivity contribution >= 4 is 11.7 Å². The summed E-state index contributed by atoms with van der Waals surface area (Å²) in [7, 11) is 1.22. The van der Waals surface area contributed by atoms with Gasteiger partial charge in [0.15, 0.2) is 17.3 Å². The van der Waals surface area contributed by atoms with E-state index in [4.69, 9.17) is 10.5 Å². The van der Waals surface area contributed by atoms with Crippen LogP contribution in [0.5, 0.6) is 11.5 Å². The van der Waals surface area contributed by atoms with Crippen LogP contribution in [0.25, 0.3) is 0 Å². The SMILES string of the molecule is CCCn1cc(Oc2cc(C(=O)OC)c(N)cc2F)cn1. The average molecular weight is 293 g/mol. The Morgan fingerprint density at radius 2 is 2.24 bits per heavy atom. The number of ether oxygens (including phenoxy) is 2. The van der Waals surface area contributed by atoms with E-state index in [1.165, 1.54) is 19.4 Å². The first kappa shape index (κ1) is 14.8. The summed E-state index contributed by atoms with van der Waals surface area (Å²) >= 11 is 0. The van der Waals surface area contributed by atoms with Gasteiger partial charge >= 0.3 is 5.97 Å². The maximum absolute atomic E-state index is 13.9. The van der Waals surface area contributed by atoms with Gasteiger partial charge in [0, 0.05) is 24.4 Å². The van der Waals surface area contributed by atoms with Crippen molar-refractivity contribution in [1.82, 2.24) is 9.78 Å². The third kappa shape index (κ3) is 3.31. The molecule has 1 heterocycles. The van der Waals surface area contributed by atoms with E-state index in [0.29, 0.717) is 5.75 Å². The molecule has 2 aromatic rings. The highest BCUT2D eigenvalue weighted by Crippen LogP contribution is 2.28. The van der Waals surface area contributed by atoms with Gasteiger partial charge in [0.2, 0.25) is 0 Å². The Kier molecular flexibility index (Phi) is 4.42. The highest BCUT2D eigenvalue weighted by atomic mass is 19.1. The second-order valence-electron chi connectivity index (χ2n) is 4.40. The normalized spacial score (nSPS) is 10.4. The van der Waals surface area contributed by atoms with Crippen molar-refractivity contribution in [2.24, 2.45) is 0 Å². The van der Waals surface area contributed by atoms with Crippen LogP contribution in [-0.4, -0.2) is 22.9 Å². The number of halogens is 1. The van der Waals surface area contributed by atoms with Crippen molar-refractivity contribution in [3.63, 3.8) is 0 Å². The van der Waals surface area contributed by atoms with Crippen molar-refractivity contribution in [2.75, 3.05) is 12.8 Å². The molecule has 0 radical (unpaired) electrons. The lowest BCUT2D eigenvalue weighted by molar-refractivity contribution is 0.0601. The molecule has 0 fully saturated rings. The largest absolute Gasteiger partial charge is 0.465 e. The van der Waals surface area contributed by atoms with Gasteiger partial charge in [-0.1, -0.05) is 6.92 Å². The summed E-state index contributed by atoms with van der Waals surface area (Å²) in [6.07, 6.45) is 4.05. The molecule has 0 atom stereocenters. The quantitative estimate of drug-likeness (QED) is 0.677. The molecular formula is C14H16FN3O3. The molecule has 7 heteroatoms. The Balaban J connectivity index is 2.28. The lowest BCUT2D eigenvalue weighted by atomic mass is 10.1. The Morgan fingerprint density at radius 3 is 2.90 bits per heavy atom. The number of methoxy groups -OCH3 is 1. The zero-order chi connectivity index (χ0) is 15.4. The Morgan fingerprint density at radius 1 is 1.48 bits per heavy atom. The minimum absolute atomic E-state index is 0.00613. The zero-order valence-corrected chi connectivity index (χ0v) is 11.8. The van der Waals surface area contributed by atoms with Crippen molar-refractivity contribution in [2.45, 2.75) is 19.9 Å². The van der Waals surface area contributed by atoms with E-state index >= 15 is 0 Å². The molecule has 112 valence electrons. The predicted octanol–water partition coefficient (Wildman–Crippen LogP) is 2.59. The van der Waals surface area contributed by atoms with Gasteiger partial charge < -0.3 is 15.2 Å². The molecule has 6 nitrogen and oxygen atoms in total. The monoisotopic (exact) mass is 293 g/mol. The van der Waals surface area contributed by atoms with E-state index in [1.54, 1.807) is 10.9 Å². The third-order valence-electron chi connectivity index (χ3n) is 2.80. The number of carbonyl (C=O) groups is 1. The molecule has 0 unspecified atom stereocenters. The molecule has 0 spiro atoms. The van der Waals surface area contributed by atoms with Crippen molar-refractivity contribution in [3.05, 3.63) is 35.9 Å². The highest BCUT2D eigenvalue weighted by Gasteiger charge is 2.16. The second kappa shape index (κ2) is 6.25. The van der Waals surface area contributed by atoms with Crippen LogP contribution in [-0.2, 0) is 11.3 Å². The van der Waals surface area contributed by atoms with Gasteiger partial charge in [-0.2, -0.15) is 5.10 Å². The highest BCUT2D eigenvalue weighted by molar-refractivity contribution is 5.95. The Bertz CT molecular complexity index is 655. The van der Waals surface area contributed by atoms with Crippen molar-refractivity contribution in [3.8, 4) is 11.5 Å². The molecule has 0 aliphatic rings. The van der Waals surface area contributed by atoms with Gasteiger partial charge in [-0.15, -0.1) is 0 Å². The van der Waals surface area contributed by atoms with Crippen molar-refractivity contribution in [1.29, 1.82) is 0 Å². The number of rotatable bonds is 5. The summed E-state index contributed by atoms with van der Waals surface area (Å²) in [4.78, 5) is 11.5. The molecular weight excluding hydrogens is 277 g/mol. The van der Waals surface area contributed by atoms with Crippen LogP contribution in [0.4, 0.5) is 10.1 Å². The second-order valence-corrected chi connectivity index (χ2v) is 4.40. The summed E-state index contributed by atoms with van der Waals surface area (Å²) in [5, 5.41) is 4.08. The van der Waals surface area contributed by atoms with E-state index in [2.05, 4.69) is 9.84 Å². The number of esters is 1. The van der Waals surface area contributed by atoms with Crippen LogP contribution in [0.2, 0.25) is 0 Å². The number of benzene rings is 1. The number of nitrogens with two attached hydrogens (primary N) is 1. The lowest BCUT2D eigenvalue weighted by Gasteiger charge is -2.09. The Hall–Kier alpha value is -2.57. The fourth-order valence-corrected chi connectivity index (χ4v) is 1.81. The van der Waals surface area contributed by atoms with Gasteiger partial charge in [0.25, 0.3) is 0 Å². The van der Waals surface area contributed by atoms with Crippen LogP contribution in [0, 0.1) is 5.82 Å². The number of aromatic nitrogens is 2. The molecule has 2 rings (SSSR count). The Labute approximate surface area is 121 Å². The van der Waals surface area contributed by atoms with Gasteiger partial charge in [-0.25, -0.2) is 9.18 Å².